The zero-order valence-electron chi connectivity index (χ0n) is 13.2. The van der Waals surface area contributed by atoms with Crippen molar-refractivity contribution in [3.63, 3.8) is 0 Å². The number of hydrogen-bond acceptors (Lipinski definition) is 6. The number of amides is 1. The van der Waals surface area contributed by atoms with Crippen molar-refractivity contribution < 1.29 is 4.79 Å². The summed E-state index contributed by atoms with van der Waals surface area (Å²) in [4.78, 5) is 21.9. The molecule has 3 aromatic rings. The van der Waals surface area contributed by atoms with Crippen molar-refractivity contribution in [3.05, 3.63) is 62.6 Å². The smallest absolute Gasteiger partial charge is 0.264 e. The van der Waals surface area contributed by atoms with E-state index >= 15 is 0 Å². The highest BCUT2D eigenvalue weighted by Crippen LogP contribution is 2.30. The van der Waals surface area contributed by atoms with E-state index in [0.29, 0.717) is 10.1 Å². The maximum absolute atomic E-state index is 12.2. The molecular weight excluding hydrogens is 370 g/mol. The molecular formula is C18H13N3OS3. The van der Waals surface area contributed by atoms with E-state index < -0.39 is 0 Å². The Balaban J connectivity index is 1.55. The molecule has 0 saturated carbocycles. The number of nitrogens with zero attached hydrogens (tertiary/aromatic N) is 2. The molecule has 124 valence electrons. The second-order valence-corrected chi connectivity index (χ2v) is 8.08. The average Bonchev–Trinajstić information content (AvgIpc) is 3.30. The van der Waals surface area contributed by atoms with Gasteiger partial charge < -0.3 is 5.32 Å². The summed E-state index contributed by atoms with van der Waals surface area (Å²) < 4.78 is 0. The monoisotopic (exact) mass is 383 g/mol. The molecule has 0 atom stereocenters. The van der Waals surface area contributed by atoms with Crippen LogP contribution in [0.4, 0.5) is 5.69 Å². The summed E-state index contributed by atoms with van der Waals surface area (Å²) in [7, 11) is 0. The molecule has 1 saturated heterocycles. The summed E-state index contributed by atoms with van der Waals surface area (Å²) in [5.41, 5.74) is 3.87. The zero-order chi connectivity index (χ0) is 17.2. The molecule has 25 heavy (non-hydrogen) atoms. The van der Waals surface area contributed by atoms with Gasteiger partial charge in [-0.05, 0) is 53.9 Å². The lowest BCUT2D eigenvalue weighted by atomic mass is 10.2. The van der Waals surface area contributed by atoms with E-state index in [0.717, 1.165) is 27.5 Å². The van der Waals surface area contributed by atoms with Gasteiger partial charge in [0, 0.05) is 16.3 Å². The number of thiophene rings is 1. The third kappa shape index (κ3) is 3.73. The number of aliphatic imine (C=N–C) groups is 1. The van der Waals surface area contributed by atoms with Gasteiger partial charge in [-0.15, -0.1) is 11.3 Å². The predicted molar refractivity (Wildman–Crippen MR) is 107 cm³/mol. The molecule has 0 bridgehead atoms. The number of carbonyl (C=O) groups is 1. The van der Waals surface area contributed by atoms with E-state index in [2.05, 4.69) is 20.7 Å². The summed E-state index contributed by atoms with van der Waals surface area (Å²) in [6.07, 6.45) is 1.81. The predicted octanol–water partition coefficient (Wildman–Crippen LogP) is 5.07. The Bertz CT molecular complexity index is 987. The molecule has 0 unspecified atom stereocenters. The van der Waals surface area contributed by atoms with Crippen molar-refractivity contribution in [2.75, 3.05) is 0 Å². The number of thioether (sulfide) groups is 1. The number of aromatic nitrogens is 1. The molecule has 0 spiro atoms. The Morgan fingerprint density at radius 1 is 1.24 bits per heavy atom. The molecule has 1 amide bonds. The van der Waals surface area contributed by atoms with Crippen LogP contribution in [0.25, 0.3) is 16.6 Å². The Hall–Kier alpha value is -2.22. The number of hydrogen-bond donors (Lipinski definition) is 1. The highest BCUT2D eigenvalue weighted by atomic mass is 32.2. The molecule has 7 heteroatoms. The van der Waals surface area contributed by atoms with Crippen LogP contribution in [0.2, 0.25) is 0 Å². The van der Waals surface area contributed by atoms with E-state index in [-0.39, 0.29) is 5.91 Å². The summed E-state index contributed by atoms with van der Waals surface area (Å²) >= 11 is 4.56. The van der Waals surface area contributed by atoms with Crippen LogP contribution in [0.3, 0.4) is 0 Å². The minimum absolute atomic E-state index is 0.138. The van der Waals surface area contributed by atoms with Crippen molar-refractivity contribution in [1.82, 2.24) is 10.3 Å². The van der Waals surface area contributed by atoms with Crippen molar-refractivity contribution in [3.8, 4) is 10.6 Å². The van der Waals surface area contributed by atoms with Crippen LogP contribution in [0, 0.1) is 6.92 Å². The fraction of sp³-hybridized carbons (Fsp3) is 0.0556. The molecule has 1 fully saturated rings. The van der Waals surface area contributed by atoms with Crippen LogP contribution in [0.5, 0.6) is 0 Å². The van der Waals surface area contributed by atoms with Crippen molar-refractivity contribution >= 4 is 57.3 Å². The van der Waals surface area contributed by atoms with Gasteiger partial charge in [-0.2, -0.15) is 11.3 Å². The summed E-state index contributed by atoms with van der Waals surface area (Å²) in [5, 5.41) is 10.4. The number of aryl methyl sites for hydroxylation is 1. The molecule has 1 aliphatic rings. The lowest BCUT2D eigenvalue weighted by Crippen LogP contribution is -2.19. The third-order valence-electron chi connectivity index (χ3n) is 3.45. The minimum atomic E-state index is -0.138. The van der Waals surface area contributed by atoms with Gasteiger partial charge in [0.2, 0.25) is 0 Å². The minimum Gasteiger partial charge on any atom is -0.300 e. The fourth-order valence-corrected chi connectivity index (χ4v) is 4.62. The van der Waals surface area contributed by atoms with Crippen molar-refractivity contribution in [2.45, 2.75) is 6.92 Å². The fourth-order valence-electron chi connectivity index (χ4n) is 2.30. The maximum Gasteiger partial charge on any atom is 0.264 e. The van der Waals surface area contributed by atoms with Gasteiger partial charge in [0.1, 0.15) is 5.01 Å². The summed E-state index contributed by atoms with van der Waals surface area (Å²) in [6.45, 7) is 2.02. The van der Waals surface area contributed by atoms with E-state index in [1.54, 1.807) is 22.7 Å². The first-order valence-corrected chi connectivity index (χ1v) is 10.2. The van der Waals surface area contributed by atoms with Gasteiger partial charge in [-0.25, -0.2) is 9.98 Å². The largest absolute Gasteiger partial charge is 0.300 e. The van der Waals surface area contributed by atoms with Crippen LogP contribution in [-0.4, -0.2) is 16.1 Å². The highest BCUT2D eigenvalue weighted by molar-refractivity contribution is 8.18. The second kappa shape index (κ2) is 6.95. The number of benzene rings is 1. The lowest BCUT2D eigenvalue weighted by molar-refractivity contribution is -0.115. The molecule has 0 aliphatic carbocycles. The van der Waals surface area contributed by atoms with E-state index in [4.69, 9.17) is 0 Å². The van der Waals surface area contributed by atoms with Gasteiger partial charge in [0.15, 0.2) is 5.17 Å². The Labute approximate surface area is 157 Å². The average molecular weight is 384 g/mol. The quantitative estimate of drug-likeness (QED) is 0.642. The lowest BCUT2D eigenvalue weighted by Gasteiger charge is -1.97. The first-order valence-electron chi connectivity index (χ1n) is 7.52. The van der Waals surface area contributed by atoms with Crippen LogP contribution >= 0.6 is 34.4 Å². The third-order valence-corrected chi connectivity index (χ3v) is 5.95. The Morgan fingerprint density at radius 2 is 2.16 bits per heavy atom. The van der Waals surface area contributed by atoms with Crippen molar-refractivity contribution in [2.24, 2.45) is 4.99 Å². The molecule has 1 aromatic carbocycles. The molecule has 4 nitrogen and oxygen atoms in total. The van der Waals surface area contributed by atoms with Crippen molar-refractivity contribution in [1.29, 1.82) is 0 Å². The Kier molecular flexibility index (Phi) is 4.52. The summed E-state index contributed by atoms with van der Waals surface area (Å²) in [6, 6.07) is 9.91. The molecule has 1 aliphatic heterocycles. The van der Waals surface area contributed by atoms with Gasteiger partial charge in [0.05, 0.1) is 16.3 Å². The normalized spacial score (nSPS) is 17.4. The number of carbonyl (C=O) groups excluding carboxylic acids is 1. The molecule has 0 radical (unpaired) electrons. The van der Waals surface area contributed by atoms with Gasteiger partial charge in [-0.1, -0.05) is 12.1 Å². The van der Waals surface area contributed by atoms with Gasteiger partial charge >= 0.3 is 0 Å². The Morgan fingerprint density at radius 3 is 2.96 bits per heavy atom. The summed E-state index contributed by atoms with van der Waals surface area (Å²) in [5.74, 6) is -0.138. The zero-order valence-corrected chi connectivity index (χ0v) is 15.7. The van der Waals surface area contributed by atoms with E-state index in [1.165, 1.54) is 11.8 Å². The molecule has 1 N–H and O–H groups in total. The van der Waals surface area contributed by atoms with Crippen LogP contribution in [0.1, 0.15) is 11.3 Å². The topological polar surface area (TPSA) is 54.4 Å². The SMILES string of the molecule is Cc1cccc(N=C2NC(=O)C(=Cc3csc(-c4ccsc4)n3)S2)c1. The molecule has 3 heterocycles. The number of rotatable bonds is 3. The maximum atomic E-state index is 12.2. The standard InChI is InChI=1S/C18H13N3OS3/c1-11-3-2-4-13(7-11)20-18-21-16(22)15(25-18)8-14-10-24-17(19-14)12-5-6-23-9-12/h2-10H,1H3,(H,20,21,22). The van der Waals surface area contributed by atoms with Gasteiger partial charge in [-0.3, -0.25) is 4.79 Å². The van der Waals surface area contributed by atoms with E-state index in [1.807, 2.05) is 54.1 Å². The number of thiazole rings is 1. The molecule has 4 rings (SSSR count). The molecule has 2 aromatic heterocycles. The van der Waals surface area contributed by atoms with Crippen LogP contribution < -0.4 is 5.32 Å². The second-order valence-electron chi connectivity index (χ2n) is 5.41. The van der Waals surface area contributed by atoms with E-state index in [9.17, 15) is 4.79 Å². The number of amidine groups is 1. The first-order chi connectivity index (χ1) is 12.2. The highest BCUT2D eigenvalue weighted by Gasteiger charge is 2.24. The first kappa shape index (κ1) is 16.3. The number of nitrogens with one attached hydrogen (secondary N) is 1. The van der Waals surface area contributed by atoms with Crippen LogP contribution in [-0.2, 0) is 4.79 Å². The van der Waals surface area contributed by atoms with Gasteiger partial charge in [0.25, 0.3) is 5.91 Å². The van der Waals surface area contributed by atoms with Crippen LogP contribution in [0.15, 0.2) is 56.4 Å².